The molecule has 7 heteroatoms. The molecular formula is C14H17N3O4. The maximum absolute atomic E-state index is 11.8. The summed E-state index contributed by atoms with van der Waals surface area (Å²) in [7, 11) is 0. The molecule has 21 heavy (non-hydrogen) atoms. The number of nitro groups is 1. The molecule has 2 rings (SSSR count). The number of hydrogen-bond acceptors (Lipinski definition) is 4. The number of nitrogens with one attached hydrogen (secondary N) is 2. The molecule has 7 nitrogen and oxygen atoms in total. The van der Waals surface area contributed by atoms with E-state index in [0.29, 0.717) is 23.9 Å². The maximum atomic E-state index is 11.8. The number of aromatic amines is 1. The van der Waals surface area contributed by atoms with Crippen LogP contribution in [0.2, 0.25) is 0 Å². The highest BCUT2D eigenvalue weighted by Crippen LogP contribution is 2.23. The van der Waals surface area contributed by atoms with E-state index >= 15 is 0 Å². The lowest BCUT2D eigenvalue weighted by molar-refractivity contribution is -0.384. The molecule has 0 saturated heterocycles. The summed E-state index contributed by atoms with van der Waals surface area (Å²) in [5.41, 5.74) is 1.47. The number of aliphatic hydroxyl groups is 1. The Balaban J connectivity index is 2.09. The average Bonchev–Trinajstić information content (AvgIpc) is 2.80. The van der Waals surface area contributed by atoms with E-state index in [4.69, 9.17) is 5.11 Å². The third-order valence-electron chi connectivity index (χ3n) is 3.20. The number of carbonyl (C=O) groups is 1. The van der Waals surface area contributed by atoms with Crippen molar-refractivity contribution in [3.63, 3.8) is 0 Å². The Bertz CT molecular complexity index is 663. The second-order valence-corrected chi connectivity index (χ2v) is 4.97. The number of non-ortho nitro benzene ring substituents is 1. The van der Waals surface area contributed by atoms with Crippen LogP contribution in [0.5, 0.6) is 0 Å². The summed E-state index contributed by atoms with van der Waals surface area (Å²) in [5.74, 6) is -0.178. The van der Waals surface area contributed by atoms with Gasteiger partial charge in [-0.3, -0.25) is 14.9 Å². The largest absolute Gasteiger partial charge is 0.393 e. The molecule has 0 aliphatic carbocycles. The SMILES string of the molecule is CC(O)CCNC(=O)Cc1c[nH]c2ccc([N+](=O)[O-])cc12. The number of fused-ring (bicyclic) bond motifs is 1. The van der Waals surface area contributed by atoms with Gasteiger partial charge in [0.2, 0.25) is 5.91 Å². The van der Waals surface area contributed by atoms with Gasteiger partial charge in [0.05, 0.1) is 17.4 Å². The van der Waals surface area contributed by atoms with E-state index in [-0.39, 0.29) is 18.0 Å². The van der Waals surface area contributed by atoms with Crippen LogP contribution in [0.1, 0.15) is 18.9 Å². The molecule has 112 valence electrons. The van der Waals surface area contributed by atoms with Gasteiger partial charge in [-0.2, -0.15) is 0 Å². The van der Waals surface area contributed by atoms with Crippen molar-refractivity contribution in [1.82, 2.24) is 10.3 Å². The fourth-order valence-corrected chi connectivity index (χ4v) is 2.08. The van der Waals surface area contributed by atoms with Gasteiger partial charge in [0.15, 0.2) is 0 Å². The highest BCUT2D eigenvalue weighted by molar-refractivity contribution is 5.90. The first-order valence-electron chi connectivity index (χ1n) is 6.66. The molecular weight excluding hydrogens is 274 g/mol. The molecule has 2 aromatic rings. The summed E-state index contributed by atoms with van der Waals surface area (Å²) in [5, 5.41) is 23.3. The Hall–Kier alpha value is -2.41. The molecule has 0 spiro atoms. The number of benzene rings is 1. The molecule has 0 bridgehead atoms. The summed E-state index contributed by atoms with van der Waals surface area (Å²) in [6.45, 7) is 2.06. The minimum atomic E-state index is -0.459. The van der Waals surface area contributed by atoms with E-state index in [1.54, 1.807) is 19.2 Å². The molecule has 0 saturated carbocycles. The number of H-pyrrole nitrogens is 1. The first-order valence-corrected chi connectivity index (χ1v) is 6.66. The summed E-state index contributed by atoms with van der Waals surface area (Å²) in [4.78, 5) is 25.1. The van der Waals surface area contributed by atoms with Crippen molar-refractivity contribution in [3.8, 4) is 0 Å². The first kappa shape index (κ1) is 15.0. The van der Waals surface area contributed by atoms with Crippen LogP contribution in [0, 0.1) is 10.1 Å². The Morgan fingerprint density at radius 3 is 2.95 bits per heavy atom. The van der Waals surface area contributed by atoms with Gasteiger partial charge in [-0.1, -0.05) is 0 Å². The Morgan fingerprint density at radius 2 is 2.29 bits per heavy atom. The summed E-state index contributed by atoms with van der Waals surface area (Å²) in [6, 6.07) is 4.51. The van der Waals surface area contributed by atoms with Gasteiger partial charge in [0, 0.05) is 35.8 Å². The van der Waals surface area contributed by atoms with Crippen molar-refractivity contribution in [2.24, 2.45) is 0 Å². The molecule has 3 N–H and O–H groups in total. The predicted molar refractivity (Wildman–Crippen MR) is 78.0 cm³/mol. The van der Waals surface area contributed by atoms with E-state index in [2.05, 4.69) is 10.3 Å². The highest BCUT2D eigenvalue weighted by atomic mass is 16.6. The van der Waals surface area contributed by atoms with Crippen molar-refractivity contribution in [1.29, 1.82) is 0 Å². The van der Waals surface area contributed by atoms with Crippen LogP contribution in [0.15, 0.2) is 24.4 Å². The Kier molecular flexibility index (Phi) is 4.54. The number of aromatic nitrogens is 1. The summed E-state index contributed by atoms with van der Waals surface area (Å²) >= 11 is 0. The third kappa shape index (κ3) is 3.79. The lowest BCUT2D eigenvalue weighted by Gasteiger charge is -2.06. The minimum Gasteiger partial charge on any atom is -0.393 e. The molecule has 1 aromatic heterocycles. The third-order valence-corrected chi connectivity index (χ3v) is 3.20. The average molecular weight is 291 g/mol. The normalized spacial score (nSPS) is 12.3. The zero-order chi connectivity index (χ0) is 15.4. The summed E-state index contributed by atoms with van der Waals surface area (Å²) < 4.78 is 0. The van der Waals surface area contributed by atoms with Crippen LogP contribution in [-0.4, -0.2) is 33.6 Å². The van der Waals surface area contributed by atoms with Crippen molar-refractivity contribution < 1.29 is 14.8 Å². The van der Waals surface area contributed by atoms with E-state index in [9.17, 15) is 14.9 Å². The zero-order valence-electron chi connectivity index (χ0n) is 11.6. The molecule has 0 aliphatic rings. The Labute approximate surface area is 121 Å². The zero-order valence-corrected chi connectivity index (χ0v) is 11.6. The topological polar surface area (TPSA) is 108 Å². The number of nitro benzene ring substituents is 1. The van der Waals surface area contributed by atoms with E-state index < -0.39 is 11.0 Å². The van der Waals surface area contributed by atoms with E-state index in [1.165, 1.54) is 12.1 Å². The van der Waals surface area contributed by atoms with Crippen LogP contribution < -0.4 is 5.32 Å². The van der Waals surface area contributed by atoms with Gasteiger partial charge < -0.3 is 15.4 Å². The number of aliphatic hydroxyl groups excluding tert-OH is 1. The molecule has 1 atom stereocenters. The lowest BCUT2D eigenvalue weighted by atomic mass is 10.1. The van der Waals surface area contributed by atoms with Crippen LogP contribution in [0.4, 0.5) is 5.69 Å². The second-order valence-electron chi connectivity index (χ2n) is 4.97. The van der Waals surface area contributed by atoms with Crippen molar-refractivity contribution >= 4 is 22.5 Å². The van der Waals surface area contributed by atoms with Gasteiger partial charge in [-0.15, -0.1) is 0 Å². The van der Waals surface area contributed by atoms with Gasteiger partial charge in [-0.25, -0.2) is 0 Å². The molecule has 1 aromatic carbocycles. The van der Waals surface area contributed by atoms with E-state index in [1.807, 2.05) is 0 Å². The van der Waals surface area contributed by atoms with Crippen LogP contribution in [0.3, 0.4) is 0 Å². The molecule has 1 amide bonds. The lowest BCUT2D eigenvalue weighted by Crippen LogP contribution is -2.27. The highest BCUT2D eigenvalue weighted by Gasteiger charge is 2.12. The maximum Gasteiger partial charge on any atom is 0.270 e. The fraction of sp³-hybridized carbons (Fsp3) is 0.357. The van der Waals surface area contributed by atoms with Gasteiger partial charge in [0.1, 0.15) is 0 Å². The number of nitrogens with zero attached hydrogens (tertiary/aromatic N) is 1. The Morgan fingerprint density at radius 1 is 1.52 bits per heavy atom. The second kappa shape index (κ2) is 6.36. The van der Waals surface area contributed by atoms with Crippen LogP contribution in [0.25, 0.3) is 10.9 Å². The standard InChI is InChI=1S/C14H17N3O4/c1-9(18)4-5-15-14(19)6-10-8-16-13-3-2-11(17(20)21)7-12(10)13/h2-3,7-9,16,18H,4-6H2,1H3,(H,15,19). The molecule has 0 aliphatic heterocycles. The van der Waals surface area contributed by atoms with Gasteiger partial charge >= 0.3 is 0 Å². The first-order chi connectivity index (χ1) is 9.97. The number of amides is 1. The fourth-order valence-electron chi connectivity index (χ4n) is 2.08. The van der Waals surface area contributed by atoms with Crippen LogP contribution in [-0.2, 0) is 11.2 Å². The number of hydrogen-bond donors (Lipinski definition) is 3. The van der Waals surface area contributed by atoms with Crippen molar-refractivity contribution in [3.05, 3.63) is 40.1 Å². The number of rotatable bonds is 6. The smallest absolute Gasteiger partial charge is 0.270 e. The monoisotopic (exact) mass is 291 g/mol. The van der Waals surface area contributed by atoms with Crippen molar-refractivity contribution in [2.45, 2.75) is 25.9 Å². The minimum absolute atomic E-state index is 0.00198. The van der Waals surface area contributed by atoms with Crippen molar-refractivity contribution in [2.75, 3.05) is 6.54 Å². The molecule has 1 heterocycles. The van der Waals surface area contributed by atoms with Gasteiger partial charge in [0.25, 0.3) is 5.69 Å². The molecule has 0 fully saturated rings. The predicted octanol–water partition coefficient (Wildman–Crippen LogP) is 1.51. The summed E-state index contributed by atoms with van der Waals surface area (Å²) in [6.07, 6.45) is 1.86. The molecule has 1 unspecified atom stereocenters. The van der Waals surface area contributed by atoms with Gasteiger partial charge in [-0.05, 0) is 25.0 Å². The molecule has 0 radical (unpaired) electrons. The van der Waals surface area contributed by atoms with E-state index in [0.717, 1.165) is 5.52 Å². The van der Waals surface area contributed by atoms with Crippen LogP contribution >= 0.6 is 0 Å². The number of carbonyl (C=O) groups excluding carboxylic acids is 1. The quantitative estimate of drug-likeness (QED) is 0.553.